The number of amides is 2. The first kappa shape index (κ1) is 21.5. The predicted molar refractivity (Wildman–Crippen MR) is 110 cm³/mol. The topological polar surface area (TPSA) is 74.4 Å². The number of nitrogens with one attached hydrogen (secondary N) is 1. The molecule has 2 fully saturated rings. The van der Waals surface area contributed by atoms with Gasteiger partial charge in [-0.25, -0.2) is 4.79 Å². The second kappa shape index (κ2) is 11.1. The van der Waals surface area contributed by atoms with Crippen molar-refractivity contribution < 1.29 is 19.1 Å². The zero-order valence-electron chi connectivity index (χ0n) is 17.2. The Morgan fingerprint density at radius 1 is 1.07 bits per heavy atom. The van der Waals surface area contributed by atoms with Crippen molar-refractivity contribution in [1.82, 2.24) is 20.0 Å². The standard InChI is InChI=1S/C21H32N4O4/c1-18(26)22-15-20(16-23-11-13-28-14-12-23)24-7-9-25(10-8-24)21(27)29-17-19-5-3-2-4-6-19/h2-6,20H,7-17H2,1H3,(H,22,26)/t20-/m1/s1. The van der Waals surface area contributed by atoms with Gasteiger partial charge in [0.25, 0.3) is 0 Å². The Bertz CT molecular complexity index is 643. The highest BCUT2D eigenvalue weighted by Gasteiger charge is 2.28. The van der Waals surface area contributed by atoms with Crippen LogP contribution in [0.25, 0.3) is 0 Å². The lowest BCUT2D eigenvalue weighted by Crippen LogP contribution is -2.58. The van der Waals surface area contributed by atoms with Crippen LogP contribution < -0.4 is 5.32 Å². The fourth-order valence-corrected chi connectivity index (χ4v) is 3.73. The third-order valence-corrected chi connectivity index (χ3v) is 5.45. The summed E-state index contributed by atoms with van der Waals surface area (Å²) in [4.78, 5) is 30.3. The molecule has 2 saturated heterocycles. The number of nitrogens with zero attached hydrogens (tertiary/aromatic N) is 3. The first-order valence-electron chi connectivity index (χ1n) is 10.4. The molecule has 160 valence electrons. The lowest BCUT2D eigenvalue weighted by atomic mass is 10.1. The fourth-order valence-electron chi connectivity index (χ4n) is 3.73. The molecule has 0 spiro atoms. The molecule has 8 nitrogen and oxygen atoms in total. The number of hydrogen-bond acceptors (Lipinski definition) is 6. The van der Waals surface area contributed by atoms with Crippen molar-refractivity contribution in [3.8, 4) is 0 Å². The van der Waals surface area contributed by atoms with Crippen LogP contribution in [0.1, 0.15) is 12.5 Å². The first-order valence-corrected chi connectivity index (χ1v) is 10.4. The van der Waals surface area contributed by atoms with E-state index in [0.29, 0.717) is 26.2 Å². The number of piperazine rings is 1. The van der Waals surface area contributed by atoms with Gasteiger partial charge < -0.3 is 19.7 Å². The number of benzene rings is 1. The minimum atomic E-state index is -0.264. The molecule has 3 rings (SSSR count). The molecule has 1 aromatic carbocycles. The van der Waals surface area contributed by atoms with Gasteiger partial charge >= 0.3 is 6.09 Å². The predicted octanol–water partition coefficient (Wildman–Crippen LogP) is 0.778. The van der Waals surface area contributed by atoms with E-state index < -0.39 is 0 Å². The van der Waals surface area contributed by atoms with E-state index in [0.717, 1.165) is 51.5 Å². The molecule has 2 aliphatic rings. The minimum Gasteiger partial charge on any atom is -0.445 e. The summed E-state index contributed by atoms with van der Waals surface area (Å²) in [5, 5.41) is 2.96. The van der Waals surface area contributed by atoms with Gasteiger partial charge in [-0.05, 0) is 5.56 Å². The summed E-state index contributed by atoms with van der Waals surface area (Å²) in [5.74, 6) is -0.0138. The van der Waals surface area contributed by atoms with Crippen molar-refractivity contribution in [2.75, 3.05) is 65.6 Å². The fraction of sp³-hybridized carbons (Fsp3) is 0.619. The summed E-state index contributed by atoms with van der Waals surface area (Å²) in [6, 6.07) is 9.93. The zero-order valence-corrected chi connectivity index (χ0v) is 17.2. The molecule has 0 aromatic heterocycles. The maximum atomic E-state index is 12.4. The van der Waals surface area contributed by atoms with Gasteiger partial charge in [0.1, 0.15) is 6.61 Å². The Morgan fingerprint density at radius 3 is 2.41 bits per heavy atom. The van der Waals surface area contributed by atoms with Gasteiger partial charge in [0, 0.05) is 65.3 Å². The smallest absolute Gasteiger partial charge is 0.410 e. The summed E-state index contributed by atoms with van der Waals surface area (Å²) in [6.45, 7) is 9.51. The van der Waals surface area contributed by atoms with Gasteiger partial charge in [0.2, 0.25) is 5.91 Å². The van der Waals surface area contributed by atoms with Crippen LogP contribution >= 0.6 is 0 Å². The van der Waals surface area contributed by atoms with Crippen LogP contribution in [-0.2, 0) is 20.9 Å². The number of morpholine rings is 1. The Labute approximate surface area is 172 Å². The van der Waals surface area contributed by atoms with E-state index in [2.05, 4.69) is 15.1 Å². The Hall–Kier alpha value is -2.16. The maximum absolute atomic E-state index is 12.4. The van der Waals surface area contributed by atoms with Crippen LogP contribution in [0.4, 0.5) is 4.79 Å². The molecule has 29 heavy (non-hydrogen) atoms. The lowest BCUT2D eigenvalue weighted by Gasteiger charge is -2.41. The average Bonchev–Trinajstić information content (AvgIpc) is 2.76. The van der Waals surface area contributed by atoms with Gasteiger partial charge in [0.05, 0.1) is 13.2 Å². The van der Waals surface area contributed by atoms with E-state index in [1.165, 1.54) is 0 Å². The SMILES string of the molecule is CC(=O)NC[C@H](CN1CCOCC1)N1CCN(C(=O)OCc2ccccc2)CC1. The van der Waals surface area contributed by atoms with Crippen LogP contribution in [0.3, 0.4) is 0 Å². The molecule has 8 heteroatoms. The number of ether oxygens (including phenoxy) is 2. The molecule has 0 aliphatic carbocycles. The third kappa shape index (κ3) is 6.99. The van der Waals surface area contributed by atoms with E-state index in [1.807, 2.05) is 30.3 Å². The van der Waals surface area contributed by atoms with Crippen LogP contribution in [0.15, 0.2) is 30.3 Å². The molecule has 0 saturated carbocycles. The second-order valence-corrected chi connectivity index (χ2v) is 7.57. The van der Waals surface area contributed by atoms with Gasteiger partial charge in [-0.3, -0.25) is 14.6 Å². The van der Waals surface area contributed by atoms with E-state index in [4.69, 9.17) is 9.47 Å². The molecule has 0 bridgehead atoms. The van der Waals surface area contributed by atoms with Crippen LogP contribution in [0.2, 0.25) is 0 Å². The first-order chi connectivity index (χ1) is 14.1. The van der Waals surface area contributed by atoms with E-state index in [9.17, 15) is 9.59 Å². The lowest BCUT2D eigenvalue weighted by molar-refractivity contribution is -0.119. The monoisotopic (exact) mass is 404 g/mol. The van der Waals surface area contributed by atoms with Crippen LogP contribution in [-0.4, -0.2) is 98.3 Å². The minimum absolute atomic E-state index is 0.0138. The van der Waals surface area contributed by atoms with Crippen LogP contribution in [0, 0.1) is 0 Å². The zero-order chi connectivity index (χ0) is 20.5. The van der Waals surface area contributed by atoms with Crippen molar-refractivity contribution in [2.45, 2.75) is 19.6 Å². The van der Waals surface area contributed by atoms with Crippen molar-refractivity contribution in [3.05, 3.63) is 35.9 Å². The quantitative estimate of drug-likeness (QED) is 0.724. The molecule has 0 unspecified atom stereocenters. The molecule has 2 aliphatic heterocycles. The Balaban J connectivity index is 1.47. The van der Waals surface area contributed by atoms with E-state index in [1.54, 1.807) is 11.8 Å². The summed E-state index contributed by atoms with van der Waals surface area (Å²) in [5.41, 5.74) is 0.986. The second-order valence-electron chi connectivity index (χ2n) is 7.57. The number of rotatable bonds is 7. The molecule has 0 radical (unpaired) electrons. The van der Waals surface area contributed by atoms with Gasteiger partial charge in [-0.2, -0.15) is 0 Å². The van der Waals surface area contributed by atoms with Gasteiger partial charge in [-0.1, -0.05) is 30.3 Å². The molecule has 1 N–H and O–H groups in total. The Kier molecular flexibility index (Phi) is 8.27. The number of carbonyl (C=O) groups excluding carboxylic acids is 2. The van der Waals surface area contributed by atoms with Gasteiger partial charge in [0.15, 0.2) is 0 Å². The van der Waals surface area contributed by atoms with E-state index in [-0.39, 0.29) is 18.0 Å². The molecular formula is C21H32N4O4. The molecule has 1 aromatic rings. The molecule has 1 atom stereocenters. The summed E-state index contributed by atoms with van der Waals surface area (Å²) >= 11 is 0. The molecular weight excluding hydrogens is 372 g/mol. The number of hydrogen-bond donors (Lipinski definition) is 1. The average molecular weight is 405 g/mol. The molecule has 2 amide bonds. The van der Waals surface area contributed by atoms with Crippen molar-refractivity contribution in [1.29, 1.82) is 0 Å². The summed E-state index contributed by atoms with van der Waals surface area (Å²) < 4.78 is 10.9. The van der Waals surface area contributed by atoms with Crippen molar-refractivity contribution >= 4 is 12.0 Å². The normalized spacial score (nSPS) is 19.6. The number of carbonyl (C=O) groups is 2. The summed E-state index contributed by atoms with van der Waals surface area (Å²) in [7, 11) is 0. The van der Waals surface area contributed by atoms with Gasteiger partial charge in [-0.15, -0.1) is 0 Å². The van der Waals surface area contributed by atoms with Crippen molar-refractivity contribution in [2.24, 2.45) is 0 Å². The van der Waals surface area contributed by atoms with E-state index >= 15 is 0 Å². The highest BCUT2D eigenvalue weighted by atomic mass is 16.6. The third-order valence-electron chi connectivity index (χ3n) is 5.45. The van der Waals surface area contributed by atoms with Crippen molar-refractivity contribution in [3.63, 3.8) is 0 Å². The Morgan fingerprint density at radius 2 is 1.76 bits per heavy atom. The summed E-state index contributed by atoms with van der Waals surface area (Å²) in [6.07, 6.45) is -0.264. The highest BCUT2D eigenvalue weighted by molar-refractivity contribution is 5.72. The largest absolute Gasteiger partial charge is 0.445 e. The van der Waals surface area contributed by atoms with Crippen LogP contribution in [0.5, 0.6) is 0 Å². The highest BCUT2D eigenvalue weighted by Crippen LogP contribution is 2.11. The maximum Gasteiger partial charge on any atom is 0.410 e. The molecule has 2 heterocycles.